The molecule has 1 fully saturated rings. The molecule has 10 heteroatoms. The van der Waals surface area contributed by atoms with Crippen molar-refractivity contribution in [2.75, 3.05) is 11.9 Å². The summed E-state index contributed by atoms with van der Waals surface area (Å²) in [5.74, 6) is -0.0795. The Kier molecular flexibility index (Phi) is 4.25. The first-order valence-electron chi connectivity index (χ1n) is 7.37. The number of rotatable bonds is 4. The van der Waals surface area contributed by atoms with Gasteiger partial charge in [-0.15, -0.1) is 0 Å². The highest BCUT2D eigenvalue weighted by Gasteiger charge is 2.45. The van der Waals surface area contributed by atoms with E-state index in [0.29, 0.717) is 5.82 Å². The molecule has 128 valence electrons. The molecular weight excluding hydrogens is 308 g/mol. The van der Waals surface area contributed by atoms with Gasteiger partial charge in [-0.3, -0.25) is 9.36 Å². The van der Waals surface area contributed by atoms with Crippen molar-refractivity contribution in [3.63, 3.8) is 0 Å². The van der Waals surface area contributed by atoms with Crippen molar-refractivity contribution in [3.8, 4) is 0 Å². The molecule has 0 radical (unpaired) electrons. The van der Waals surface area contributed by atoms with Gasteiger partial charge >= 0.3 is 0 Å². The molecule has 1 amide bonds. The summed E-state index contributed by atoms with van der Waals surface area (Å²) in [7, 11) is 0. The average Bonchev–Trinajstić information content (AvgIpc) is 3.01. The number of carbonyl (C=O) groups is 1. The summed E-state index contributed by atoms with van der Waals surface area (Å²) in [6.07, 6.45) is -3.93. The van der Waals surface area contributed by atoms with Gasteiger partial charge in [-0.2, -0.15) is 0 Å². The quantitative estimate of drug-likeness (QED) is 0.363. The van der Waals surface area contributed by atoms with E-state index in [0.717, 1.165) is 0 Å². The number of fused-ring (bicyclic) bond motifs is 1. The minimum Gasteiger partial charge on any atom is -0.394 e. The Balaban J connectivity index is 1.88. The molecule has 0 spiro atoms. The highest BCUT2D eigenvalue weighted by atomic mass is 16.6. The van der Waals surface area contributed by atoms with Gasteiger partial charge in [0.1, 0.15) is 30.3 Å². The highest BCUT2D eigenvalue weighted by Crippen LogP contribution is 2.33. The van der Waals surface area contributed by atoms with Crippen LogP contribution in [0.3, 0.4) is 0 Å². The number of anilines is 1. The lowest BCUT2D eigenvalue weighted by molar-refractivity contribution is -0.0519. The summed E-state index contributed by atoms with van der Waals surface area (Å²) in [6.45, 7) is 1.16. The van der Waals surface area contributed by atoms with Crippen LogP contribution >= 0.6 is 0 Å². The molecule has 2 aliphatic heterocycles. The van der Waals surface area contributed by atoms with Gasteiger partial charge < -0.3 is 35.8 Å². The number of nitrogens with one attached hydrogen (secondary N) is 2. The molecule has 23 heavy (non-hydrogen) atoms. The van der Waals surface area contributed by atoms with Crippen molar-refractivity contribution in [1.82, 2.24) is 14.9 Å². The fourth-order valence-electron chi connectivity index (χ4n) is 2.86. The molecule has 6 unspecified atom stereocenters. The van der Waals surface area contributed by atoms with E-state index in [1.165, 1.54) is 10.9 Å². The number of amides is 1. The highest BCUT2D eigenvalue weighted by molar-refractivity contribution is 5.99. The summed E-state index contributed by atoms with van der Waals surface area (Å²) >= 11 is 0. The predicted octanol–water partition coefficient (Wildman–Crippen LogP) is -2.25. The first-order valence-corrected chi connectivity index (χ1v) is 7.37. The summed E-state index contributed by atoms with van der Waals surface area (Å²) in [4.78, 5) is 16.1. The van der Waals surface area contributed by atoms with Crippen molar-refractivity contribution < 1.29 is 30.0 Å². The number of aliphatic hydroxyl groups excluding tert-OH is 4. The Morgan fingerprint density at radius 2 is 2.13 bits per heavy atom. The fraction of sp³-hybridized carbons (Fsp3) is 0.692. The van der Waals surface area contributed by atoms with Crippen molar-refractivity contribution in [3.05, 3.63) is 12.0 Å². The molecule has 10 nitrogen and oxygen atoms in total. The number of hydrogen-bond acceptors (Lipinski definition) is 8. The number of carbonyl (C=O) groups excluding carboxylic acids is 1. The lowest BCUT2D eigenvalue weighted by Gasteiger charge is -2.29. The third-order valence-electron chi connectivity index (χ3n) is 3.99. The normalized spacial score (nSPS) is 34.7. The molecule has 1 aromatic rings. The maximum absolute atomic E-state index is 12.1. The molecular formula is C13H20N4O6. The SMILES string of the molecule is CC(O)CC1NC(=O)c2ncn(C3OC(CO)C(O)C3O)c2N1. The first kappa shape index (κ1) is 16.1. The molecule has 6 N–H and O–H groups in total. The summed E-state index contributed by atoms with van der Waals surface area (Å²) < 4.78 is 6.86. The van der Waals surface area contributed by atoms with Crippen LogP contribution in [0.1, 0.15) is 30.1 Å². The Labute approximate surface area is 131 Å². The maximum atomic E-state index is 12.1. The average molecular weight is 328 g/mol. The standard InChI is InChI=1S/C13H20N4O6/c1-5(19)2-7-15-11-8(12(22)16-7)14-4-17(11)13-10(21)9(20)6(3-18)23-13/h4-7,9-10,13,15,18-21H,2-3H2,1H3,(H,16,22). The van der Waals surface area contributed by atoms with Gasteiger partial charge in [0.05, 0.1) is 19.0 Å². The molecule has 0 saturated carbocycles. The Morgan fingerprint density at radius 1 is 1.39 bits per heavy atom. The fourth-order valence-corrected chi connectivity index (χ4v) is 2.86. The maximum Gasteiger partial charge on any atom is 0.275 e. The largest absolute Gasteiger partial charge is 0.394 e. The Morgan fingerprint density at radius 3 is 2.74 bits per heavy atom. The van der Waals surface area contributed by atoms with Crippen LogP contribution in [0.5, 0.6) is 0 Å². The van der Waals surface area contributed by atoms with Gasteiger partial charge in [0.15, 0.2) is 11.9 Å². The number of ether oxygens (including phenoxy) is 1. The van der Waals surface area contributed by atoms with Crippen LogP contribution in [0.2, 0.25) is 0 Å². The van der Waals surface area contributed by atoms with Crippen molar-refractivity contribution in [1.29, 1.82) is 0 Å². The van der Waals surface area contributed by atoms with E-state index in [2.05, 4.69) is 15.6 Å². The molecule has 0 aromatic carbocycles. The van der Waals surface area contributed by atoms with Crippen molar-refractivity contribution in [2.24, 2.45) is 0 Å². The number of nitrogens with zero attached hydrogens (tertiary/aromatic N) is 2. The number of imidazole rings is 1. The molecule has 0 bridgehead atoms. The van der Waals surface area contributed by atoms with Crippen LogP contribution < -0.4 is 10.6 Å². The molecule has 6 atom stereocenters. The molecule has 1 aromatic heterocycles. The Hall–Kier alpha value is -1.72. The molecule has 3 heterocycles. The molecule has 1 saturated heterocycles. The monoisotopic (exact) mass is 328 g/mol. The third kappa shape index (κ3) is 2.79. The lowest BCUT2D eigenvalue weighted by Crippen LogP contribution is -2.47. The zero-order valence-corrected chi connectivity index (χ0v) is 12.5. The smallest absolute Gasteiger partial charge is 0.275 e. The van der Waals surface area contributed by atoms with Crippen LogP contribution in [0, 0.1) is 0 Å². The zero-order valence-electron chi connectivity index (χ0n) is 12.5. The van der Waals surface area contributed by atoms with Crippen molar-refractivity contribution >= 4 is 11.7 Å². The van der Waals surface area contributed by atoms with Crippen molar-refractivity contribution in [2.45, 2.75) is 50.2 Å². The van der Waals surface area contributed by atoms with Gasteiger partial charge in [0, 0.05) is 6.42 Å². The predicted molar refractivity (Wildman–Crippen MR) is 76.4 cm³/mol. The summed E-state index contributed by atoms with van der Waals surface area (Å²) in [6, 6.07) is 0. The number of hydrogen-bond donors (Lipinski definition) is 6. The second-order valence-electron chi connectivity index (χ2n) is 5.83. The van der Waals surface area contributed by atoms with Crippen LogP contribution in [-0.4, -0.2) is 73.1 Å². The topological polar surface area (TPSA) is 149 Å². The lowest BCUT2D eigenvalue weighted by atomic mass is 10.1. The number of aliphatic hydroxyl groups is 4. The van der Waals surface area contributed by atoms with E-state index < -0.39 is 49.3 Å². The van der Waals surface area contributed by atoms with E-state index >= 15 is 0 Å². The van der Waals surface area contributed by atoms with E-state index in [4.69, 9.17) is 9.84 Å². The minimum atomic E-state index is -1.27. The van der Waals surface area contributed by atoms with Gasteiger partial charge in [-0.25, -0.2) is 4.98 Å². The van der Waals surface area contributed by atoms with E-state index in [1.807, 2.05) is 0 Å². The minimum absolute atomic E-state index is 0.129. The van der Waals surface area contributed by atoms with Crippen LogP contribution in [-0.2, 0) is 4.74 Å². The third-order valence-corrected chi connectivity index (χ3v) is 3.99. The first-order chi connectivity index (χ1) is 10.9. The van der Waals surface area contributed by atoms with Gasteiger partial charge in [0.25, 0.3) is 5.91 Å². The van der Waals surface area contributed by atoms with Gasteiger partial charge in [-0.1, -0.05) is 0 Å². The van der Waals surface area contributed by atoms with Crippen LogP contribution in [0.4, 0.5) is 5.82 Å². The zero-order chi connectivity index (χ0) is 16.7. The molecule has 2 aliphatic rings. The molecule has 3 rings (SSSR count). The van der Waals surface area contributed by atoms with Crippen LogP contribution in [0.15, 0.2) is 6.33 Å². The summed E-state index contributed by atoms with van der Waals surface area (Å²) in [5.41, 5.74) is 0.129. The molecule has 0 aliphatic carbocycles. The van der Waals surface area contributed by atoms with E-state index in [9.17, 15) is 20.1 Å². The van der Waals surface area contributed by atoms with Crippen LogP contribution in [0.25, 0.3) is 0 Å². The second-order valence-corrected chi connectivity index (χ2v) is 5.83. The second kappa shape index (κ2) is 6.06. The van der Waals surface area contributed by atoms with E-state index in [-0.39, 0.29) is 12.1 Å². The van der Waals surface area contributed by atoms with E-state index in [1.54, 1.807) is 6.92 Å². The number of aromatic nitrogens is 2. The van der Waals surface area contributed by atoms with Gasteiger partial charge in [-0.05, 0) is 6.92 Å². The van der Waals surface area contributed by atoms with Gasteiger partial charge in [0.2, 0.25) is 0 Å². The summed E-state index contributed by atoms with van der Waals surface area (Å²) in [5, 5.41) is 44.3. The Bertz CT molecular complexity index is 591.